The Morgan fingerprint density at radius 2 is 1.53 bits per heavy atom. The second kappa shape index (κ2) is 8.62. The predicted octanol–water partition coefficient (Wildman–Crippen LogP) is 5.98. The third-order valence-corrected chi connectivity index (χ3v) is 3.66. The Morgan fingerprint density at radius 3 is 2.16 bits per heavy atom. The van der Waals surface area contributed by atoms with Gasteiger partial charge < -0.3 is 0 Å². The molecule has 0 unspecified atom stereocenters. The lowest BCUT2D eigenvalue weighted by molar-refractivity contribution is -0.137. The van der Waals surface area contributed by atoms with Crippen LogP contribution in [0.15, 0.2) is 24.3 Å². The smallest absolute Gasteiger partial charge is 0.166 e. The topological polar surface area (TPSA) is 0 Å². The zero-order valence-electron chi connectivity index (χ0n) is 11.0. The van der Waals surface area contributed by atoms with Crippen molar-refractivity contribution in [2.24, 2.45) is 0 Å². The number of hydrogen-bond acceptors (Lipinski definition) is 0. The average molecular weight is 337 g/mol. The van der Waals surface area contributed by atoms with Crippen molar-refractivity contribution >= 4 is 15.9 Å². The van der Waals surface area contributed by atoms with Crippen molar-refractivity contribution in [1.29, 1.82) is 0 Å². The molecule has 1 rings (SSSR count). The molecule has 1 aromatic rings. The van der Waals surface area contributed by atoms with Crippen LogP contribution in [0.3, 0.4) is 0 Å². The zero-order valence-corrected chi connectivity index (χ0v) is 12.6. The fraction of sp³-hybridized carbons (Fsp3) is 0.600. The summed E-state index contributed by atoms with van der Waals surface area (Å²) in [4.78, 5) is 0. The highest BCUT2D eigenvalue weighted by molar-refractivity contribution is 9.09. The van der Waals surface area contributed by atoms with Crippen LogP contribution >= 0.6 is 15.9 Å². The van der Waals surface area contributed by atoms with E-state index in [1.807, 2.05) is 0 Å². The molecule has 1 aromatic carbocycles. The fourth-order valence-electron chi connectivity index (χ4n) is 2.03. The van der Waals surface area contributed by atoms with E-state index in [1.165, 1.54) is 37.8 Å². The summed E-state index contributed by atoms with van der Waals surface area (Å²) in [5, 5.41) is 1.05. The molecule has 4 heteroatoms. The number of aryl methyl sites for hydroxylation is 1. The maximum atomic E-state index is 12.5. The summed E-state index contributed by atoms with van der Waals surface area (Å²) >= 11 is 3.39. The van der Waals surface area contributed by atoms with Gasteiger partial charge in [-0.15, -0.1) is 0 Å². The molecule has 0 spiro atoms. The van der Waals surface area contributed by atoms with Crippen molar-refractivity contribution in [3.8, 4) is 0 Å². The summed E-state index contributed by atoms with van der Waals surface area (Å²) in [6, 6.07) is 5.67. The van der Waals surface area contributed by atoms with E-state index in [0.717, 1.165) is 36.2 Å². The molecule has 19 heavy (non-hydrogen) atoms. The van der Waals surface area contributed by atoms with E-state index in [9.17, 15) is 13.2 Å². The van der Waals surface area contributed by atoms with Gasteiger partial charge in [-0.3, -0.25) is 0 Å². The summed E-state index contributed by atoms with van der Waals surface area (Å²) in [6.07, 6.45) is 3.39. The summed E-state index contributed by atoms with van der Waals surface area (Å²) < 4.78 is 37.6. The molecule has 0 amide bonds. The van der Waals surface area contributed by atoms with Crippen molar-refractivity contribution in [3.63, 3.8) is 0 Å². The monoisotopic (exact) mass is 336 g/mol. The number of halogens is 4. The number of rotatable bonds is 8. The molecule has 0 aliphatic rings. The third kappa shape index (κ3) is 7.00. The van der Waals surface area contributed by atoms with Gasteiger partial charge in [0.1, 0.15) is 0 Å². The summed E-state index contributed by atoms with van der Waals surface area (Å²) in [6.45, 7) is 0. The summed E-state index contributed by atoms with van der Waals surface area (Å²) in [5.74, 6) is 0. The van der Waals surface area contributed by atoms with Crippen LogP contribution in [0.1, 0.15) is 49.7 Å². The maximum absolute atomic E-state index is 12.5. The van der Waals surface area contributed by atoms with E-state index in [2.05, 4.69) is 15.9 Å². The van der Waals surface area contributed by atoms with Crippen molar-refractivity contribution in [3.05, 3.63) is 35.4 Å². The summed E-state index contributed by atoms with van der Waals surface area (Å²) in [5.41, 5.74) is 0.248. The molecule has 0 nitrogen and oxygen atoms in total. The Balaban J connectivity index is 2.26. The van der Waals surface area contributed by atoms with E-state index in [0.29, 0.717) is 0 Å². The minimum atomic E-state index is -4.23. The minimum Gasteiger partial charge on any atom is -0.166 e. The van der Waals surface area contributed by atoms with Gasteiger partial charge in [-0.05, 0) is 30.9 Å². The van der Waals surface area contributed by atoms with E-state index in [-0.39, 0.29) is 0 Å². The summed E-state index contributed by atoms with van der Waals surface area (Å²) in [7, 11) is 0. The predicted molar refractivity (Wildman–Crippen MR) is 76.6 cm³/mol. The molecule has 0 fully saturated rings. The van der Waals surface area contributed by atoms with Gasteiger partial charge in [0.25, 0.3) is 0 Å². The van der Waals surface area contributed by atoms with Crippen molar-refractivity contribution in [2.75, 3.05) is 5.33 Å². The van der Waals surface area contributed by atoms with Gasteiger partial charge in [0.2, 0.25) is 0 Å². The second-order valence-electron chi connectivity index (χ2n) is 4.76. The molecule has 0 heterocycles. The first-order chi connectivity index (χ1) is 9.04. The number of unbranched alkanes of at least 4 members (excludes halogenated alkanes) is 5. The first-order valence-electron chi connectivity index (χ1n) is 6.76. The Bertz CT molecular complexity index is 361. The van der Waals surface area contributed by atoms with E-state index >= 15 is 0 Å². The lowest BCUT2D eigenvalue weighted by Crippen LogP contribution is -2.05. The van der Waals surface area contributed by atoms with Gasteiger partial charge >= 0.3 is 6.18 Å². The van der Waals surface area contributed by atoms with Crippen LogP contribution in [0.2, 0.25) is 0 Å². The van der Waals surface area contributed by atoms with Gasteiger partial charge in [0.15, 0.2) is 0 Å². The van der Waals surface area contributed by atoms with Crippen molar-refractivity contribution < 1.29 is 13.2 Å². The Hall–Kier alpha value is -0.510. The molecule has 0 radical (unpaired) electrons. The molecule has 0 atom stereocenters. The standard InChI is InChI=1S/C15H20BrF3/c16-11-6-4-2-1-3-5-8-13-9-7-10-14(12-13)15(17,18)19/h7,9-10,12H,1-6,8,11H2. The number of alkyl halides is 4. The first kappa shape index (κ1) is 16.5. The van der Waals surface area contributed by atoms with Crippen molar-refractivity contribution in [2.45, 2.75) is 51.1 Å². The fourth-order valence-corrected chi connectivity index (χ4v) is 2.43. The highest BCUT2D eigenvalue weighted by atomic mass is 79.9. The average Bonchev–Trinajstić information content (AvgIpc) is 2.37. The third-order valence-electron chi connectivity index (χ3n) is 3.10. The minimum absolute atomic E-state index is 0.540. The van der Waals surface area contributed by atoms with Gasteiger partial charge in [-0.2, -0.15) is 13.2 Å². The number of benzene rings is 1. The van der Waals surface area contributed by atoms with Crippen LogP contribution in [-0.2, 0) is 12.6 Å². The normalized spacial score (nSPS) is 11.8. The van der Waals surface area contributed by atoms with Gasteiger partial charge in [-0.25, -0.2) is 0 Å². The van der Waals surface area contributed by atoms with Gasteiger partial charge in [-0.1, -0.05) is 59.8 Å². The van der Waals surface area contributed by atoms with Crippen LogP contribution in [0.4, 0.5) is 13.2 Å². The van der Waals surface area contributed by atoms with Crippen molar-refractivity contribution in [1.82, 2.24) is 0 Å². The largest absolute Gasteiger partial charge is 0.416 e. The van der Waals surface area contributed by atoms with Crippen LogP contribution in [0.5, 0.6) is 0 Å². The van der Waals surface area contributed by atoms with Crippen LogP contribution in [-0.4, -0.2) is 5.33 Å². The van der Waals surface area contributed by atoms with Crippen LogP contribution in [0.25, 0.3) is 0 Å². The molecule has 0 aromatic heterocycles. The quantitative estimate of drug-likeness (QED) is 0.404. The molecular formula is C15H20BrF3. The van der Waals surface area contributed by atoms with Gasteiger partial charge in [0, 0.05) is 5.33 Å². The Labute approximate surface area is 121 Å². The molecule has 0 bridgehead atoms. The van der Waals surface area contributed by atoms with Crippen LogP contribution < -0.4 is 0 Å². The first-order valence-corrected chi connectivity index (χ1v) is 7.88. The lowest BCUT2D eigenvalue weighted by atomic mass is 10.0. The molecule has 0 aliphatic carbocycles. The zero-order chi connectivity index (χ0) is 14.1. The second-order valence-corrected chi connectivity index (χ2v) is 5.55. The Kier molecular flexibility index (Phi) is 7.51. The Morgan fingerprint density at radius 1 is 0.895 bits per heavy atom. The van der Waals surface area contributed by atoms with Crippen LogP contribution in [0, 0.1) is 0 Å². The number of hydrogen-bond donors (Lipinski definition) is 0. The highest BCUT2D eigenvalue weighted by Crippen LogP contribution is 2.29. The molecule has 0 aliphatic heterocycles. The molecule has 0 saturated carbocycles. The molecule has 0 N–H and O–H groups in total. The molecule has 108 valence electrons. The SMILES string of the molecule is FC(F)(F)c1cccc(CCCCCCCCBr)c1. The lowest BCUT2D eigenvalue weighted by Gasteiger charge is -2.08. The van der Waals surface area contributed by atoms with Gasteiger partial charge in [0.05, 0.1) is 5.56 Å². The molecular weight excluding hydrogens is 317 g/mol. The molecule has 0 saturated heterocycles. The maximum Gasteiger partial charge on any atom is 0.416 e. The highest BCUT2D eigenvalue weighted by Gasteiger charge is 2.30. The van der Waals surface area contributed by atoms with E-state index < -0.39 is 11.7 Å². The van der Waals surface area contributed by atoms with E-state index in [1.54, 1.807) is 6.07 Å². The van der Waals surface area contributed by atoms with E-state index in [4.69, 9.17) is 0 Å².